The van der Waals surface area contributed by atoms with E-state index in [1.807, 2.05) is 46.7 Å². The van der Waals surface area contributed by atoms with Crippen molar-refractivity contribution in [2.75, 3.05) is 13.1 Å². The number of likely N-dealkylation sites (tertiary alicyclic amines) is 1. The van der Waals surface area contributed by atoms with Crippen molar-refractivity contribution in [3.8, 4) is 5.75 Å². The zero-order valence-electron chi connectivity index (χ0n) is 12.0. The number of hydrogen-bond donors (Lipinski definition) is 0. The summed E-state index contributed by atoms with van der Waals surface area (Å²) in [7, 11) is 0. The Labute approximate surface area is 129 Å². The van der Waals surface area contributed by atoms with Crippen LogP contribution in [0.3, 0.4) is 0 Å². The molecule has 1 amide bonds. The van der Waals surface area contributed by atoms with Gasteiger partial charge in [0.1, 0.15) is 12.4 Å². The van der Waals surface area contributed by atoms with E-state index in [1.165, 1.54) is 6.42 Å². The molecule has 21 heavy (non-hydrogen) atoms. The number of ether oxygens (including phenoxy) is 1. The first-order chi connectivity index (χ1) is 10.3. The van der Waals surface area contributed by atoms with Crippen molar-refractivity contribution in [1.29, 1.82) is 0 Å². The van der Waals surface area contributed by atoms with Crippen LogP contribution < -0.4 is 4.74 Å². The second-order valence-electron chi connectivity index (χ2n) is 5.26. The van der Waals surface area contributed by atoms with Gasteiger partial charge in [-0.1, -0.05) is 18.2 Å². The normalized spacial score (nSPS) is 15.0. The highest BCUT2D eigenvalue weighted by atomic mass is 32.1. The largest absolute Gasteiger partial charge is 0.488 e. The van der Waals surface area contributed by atoms with Crippen LogP contribution in [0.5, 0.6) is 5.75 Å². The van der Waals surface area contributed by atoms with Crippen LogP contribution in [0.15, 0.2) is 41.8 Å². The molecule has 3 nitrogen and oxygen atoms in total. The van der Waals surface area contributed by atoms with E-state index in [2.05, 4.69) is 0 Å². The molecule has 110 valence electrons. The zero-order chi connectivity index (χ0) is 14.5. The van der Waals surface area contributed by atoms with E-state index >= 15 is 0 Å². The number of rotatable bonds is 4. The average Bonchev–Trinajstić information content (AvgIpc) is 3.03. The summed E-state index contributed by atoms with van der Waals surface area (Å²) >= 11 is 1.59. The highest BCUT2D eigenvalue weighted by molar-refractivity contribution is 7.10. The first kappa shape index (κ1) is 14.1. The maximum Gasteiger partial charge on any atom is 0.254 e. The summed E-state index contributed by atoms with van der Waals surface area (Å²) in [6, 6.07) is 11.7. The van der Waals surface area contributed by atoms with Crippen molar-refractivity contribution in [2.24, 2.45) is 0 Å². The fourth-order valence-electron chi connectivity index (χ4n) is 2.52. The van der Waals surface area contributed by atoms with Crippen LogP contribution in [0.25, 0.3) is 0 Å². The number of para-hydroxylation sites is 1. The summed E-state index contributed by atoms with van der Waals surface area (Å²) in [6.45, 7) is 2.30. The Morgan fingerprint density at radius 1 is 1.14 bits per heavy atom. The first-order valence-corrected chi connectivity index (χ1v) is 8.25. The minimum Gasteiger partial charge on any atom is -0.488 e. The summed E-state index contributed by atoms with van der Waals surface area (Å²) in [4.78, 5) is 15.4. The van der Waals surface area contributed by atoms with Gasteiger partial charge in [-0.2, -0.15) is 0 Å². The van der Waals surface area contributed by atoms with E-state index in [4.69, 9.17) is 4.74 Å². The fraction of sp³-hybridized carbons (Fsp3) is 0.353. The molecule has 0 unspecified atom stereocenters. The lowest BCUT2D eigenvalue weighted by atomic mass is 10.1. The molecule has 0 spiro atoms. The predicted octanol–water partition coefficient (Wildman–Crippen LogP) is 3.95. The predicted molar refractivity (Wildman–Crippen MR) is 84.8 cm³/mol. The molecule has 1 aliphatic rings. The van der Waals surface area contributed by atoms with Crippen molar-refractivity contribution < 1.29 is 9.53 Å². The van der Waals surface area contributed by atoms with E-state index in [0.717, 1.165) is 42.1 Å². The van der Waals surface area contributed by atoms with Crippen LogP contribution in [0.1, 0.15) is 34.5 Å². The number of hydrogen-bond acceptors (Lipinski definition) is 3. The molecule has 0 aliphatic carbocycles. The lowest BCUT2D eigenvalue weighted by Crippen LogP contribution is -2.35. The van der Waals surface area contributed by atoms with Gasteiger partial charge in [0.25, 0.3) is 5.91 Å². The van der Waals surface area contributed by atoms with E-state index in [0.29, 0.717) is 6.61 Å². The molecular weight excluding hydrogens is 282 g/mol. The quantitative estimate of drug-likeness (QED) is 0.855. The molecule has 4 heteroatoms. The van der Waals surface area contributed by atoms with Gasteiger partial charge in [0, 0.05) is 23.3 Å². The molecule has 0 radical (unpaired) electrons. The smallest absolute Gasteiger partial charge is 0.254 e. The van der Waals surface area contributed by atoms with Crippen LogP contribution in [0.2, 0.25) is 0 Å². The Morgan fingerprint density at radius 3 is 2.67 bits per heavy atom. The van der Waals surface area contributed by atoms with E-state index in [9.17, 15) is 4.79 Å². The Balaban J connectivity index is 1.59. The van der Waals surface area contributed by atoms with Crippen LogP contribution in [0.4, 0.5) is 0 Å². The number of benzene rings is 1. The molecule has 1 aliphatic heterocycles. The van der Waals surface area contributed by atoms with Gasteiger partial charge < -0.3 is 9.64 Å². The highest BCUT2D eigenvalue weighted by Crippen LogP contribution is 2.20. The van der Waals surface area contributed by atoms with Gasteiger partial charge >= 0.3 is 0 Å². The molecule has 0 N–H and O–H groups in total. The number of carbonyl (C=O) groups is 1. The van der Waals surface area contributed by atoms with E-state index in [-0.39, 0.29) is 5.91 Å². The summed E-state index contributed by atoms with van der Waals surface area (Å²) in [5.41, 5.74) is 0.800. The number of carbonyl (C=O) groups excluding carboxylic acids is 1. The third-order valence-corrected chi connectivity index (χ3v) is 4.58. The zero-order valence-corrected chi connectivity index (χ0v) is 12.8. The van der Waals surface area contributed by atoms with E-state index < -0.39 is 0 Å². The van der Waals surface area contributed by atoms with Crippen molar-refractivity contribution in [3.05, 3.63) is 52.2 Å². The number of amides is 1. The van der Waals surface area contributed by atoms with Crippen molar-refractivity contribution in [1.82, 2.24) is 4.90 Å². The number of piperidine rings is 1. The van der Waals surface area contributed by atoms with Crippen molar-refractivity contribution in [2.45, 2.75) is 25.9 Å². The topological polar surface area (TPSA) is 29.5 Å². The van der Waals surface area contributed by atoms with Crippen LogP contribution in [-0.2, 0) is 6.61 Å². The molecule has 1 aromatic heterocycles. The Bertz CT molecular complexity index is 588. The van der Waals surface area contributed by atoms with Gasteiger partial charge in [0.2, 0.25) is 0 Å². The average molecular weight is 301 g/mol. The molecule has 2 heterocycles. The third kappa shape index (κ3) is 3.64. The minimum atomic E-state index is 0.164. The van der Waals surface area contributed by atoms with E-state index in [1.54, 1.807) is 11.3 Å². The lowest BCUT2D eigenvalue weighted by Gasteiger charge is -2.26. The van der Waals surface area contributed by atoms with Gasteiger partial charge in [0.05, 0.1) is 5.56 Å². The van der Waals surface area contributed by atoms with Crippen molar-refractivity contribution >= 4 is 17.2 Å². The van der Waals surface area contributed by atoms with Crippen molar-refractivity contribution in [3.63, 3.8) is 0 Å². The second-order valence-corrected chi connectivity index (χ2v) is 6.25. The maximum atomic E-state index is 12.4. The molecule has 3 rings (SSSR count). The molecule has 0 bridgehead atoms. The summed E-state index contributed by atoms with van der Waals surface area (Å²) in [5.74, 6) is 1.02. The fourth-order valence-corrected chi connectivity index (χ4v) is 3.29. The summed E-state index contributed by atoms with van der Waals surface area (Å²) in [5, 5.41) is 1.95. The van der Waals surface area contributed by atoms with Crippen LogP contribution in [-0.4, -0.2) is 23.9 Å². The molecule has 1 aromatic carbocycles. The van der Waals surface area contributed by atoms with Gasteiger partial charge in [-0.15, -0.1) is 11.3 Å². The minimum absolute atomic E-state index is 0.164. The van der Waals surface area contributed by atoms with Crippen LogP contribution in [0, 0.1) is 0 Å². The Kier molecular flexibility index (Phi) is 4.55. The molecule has 1 fully saturated rings. The molecule has 0 atom stereocenters. The second kappa shape index (κ2) is 6.76. The van der Waals surface area contributed by atoms with Gasteiger partial charge in [0.15, 0.2) is 0 Å². The Hall–Kier alpha value is -1.81. The molecule has 2 aromatic rings. The third-order valence-electron chi connectivity index (χ3n) is 3.67. The van der Waals surface area contributed by atoms with Crippen LogP contribution >= 0.6 is 11.3 Å². The Morgan fingerprint density at radius 2 is 1.90 bits per heavy atom. The molecule has 1 saturated heterocycles. The van der Waals surface area contributed by atoms with Gasteiger partial charge in [-0.25, -0.2) is 0 Å². The highest BCUT2D eigenvalue weighted by Gasteiger charge is 2.19. The van der Waals surface area contributed by atoms with Gasteiger partial charge in [-0.3, -0.25) is 4.79 Å². The monoisotopic (exact) mass is 301 g/mol. The number of thiophene rings is 1. The lowest BCUT2D eigenvalue weighted by molar-refractivity contribution is 0.0725. The first-order valence-electron chi connectivity index (χ1n) is 7.37. The van der Waals surface area contributed by atoms with Gasteiger partial charge in [-0.05, 0) is 37.5 Å². The molecular formula is C17H19NO2S. The molecule has 0 saturated carbocycles. The standard InChI is InChI=1S/C17H19NO2S/c19-17(18-9-5-2-6-10-18)14-11-16(21-13-14)12-20-15-7-3-1-4-8-15/h1,3-4,7-8,11,13H,2,5-6,9-10,12H2. The maximum absolute atomic E-state index is 12.4. The summed E-state index contributed by atoms with van der Waals surface area (Å²) in [6.07, 6.45) is 3.49. The summed E-state index contributed by atoms with van der Waals surface area (Å²) < 4.78 is 5.72. The SMILES string of the molecule is O=C(c1csc(COc2ccccc2)c1)N1CCCCC1. The number of nitrogens with zero attached hydrogens (tertiary/aromatic N) is 1.